The van der Waals surface area contributed by atoms with E-state index in [2.05, 4.69) is 12.2 Å². The molecule has 0 radical (unpaired) electrons. The maximum absolute atomic E-state index is 13.1. The van der Waals surface area contributed by atoms with Crippen LogP contribution in [0.5, 0.6) is 0 Å². The number of hydrogen-bond donors (Lipinski definition) is 1. The molecule has 1 aromatic carbocycles. The second-order valence-electron chi connectivity index (χ2n) is 6.70. The zero-order valence-electron chi connectivity index (χ0n) is 14.5. The van der Waals surface area contributed by atoms with Crippen molar-refractivity contribution in [3.05, 3.63) is 35.6 Å². The molecule has 0 saturated carbocycles. The Bertz CT molecular complexity index is 497. The Morgan fingerprint density at radius 3 is 2.61 bits per heavy atom. The third kappa shape index (κ3) is 4.77. The number of hydrogen-bond acceptors (Lipinski definition) is 2. The van der Waals surface area contributed by atoms with E-state index in [0.29, 0.717) is 24.8 Å². The molecule has 0 aliphatic carbocycles. The smallest absolute Gasteiger partial charge is 0.223 e. The summed E-state index contributed by atoms with van der Waals surface area (Å²) in [6.45, 7) is 9.00. The van der Waals surface area contributed by atoms with Gasteiger partial charge in [0.05, 0.1) is 6.04 Å². The Labute approximate surface area is 139 Å². The van der Waals surface area contributed by atoms with Crippen LogP contribution in [0, 0.1) is 17.7 Å². The summed E-state index contributed by atoms with van der Waals surface area (Å²) in [5, 5.41) is 3.43. The van der Waals surface area contributed by atoms with Crippen LogP contribution in [-0.4, -0.2) is 30.4 Å². The van der Waals surface area contributed by atoms with Gasteiger partial charge in [-0.1, -0.05) is 19.1 Å². The number of nitrogens with zero attached hydrogens (tertiary/aromatic N) is 1. The fraction of sp³-hybridized carbons (Fsp3) is 0.632. The van der Waals surface area contributed by atoms with E-state index >= 15 is 0 Å². The van der Waals surface area contributed by atoms with Gasteiger partial charge < -0.3 is 10.2 Å². The van der Waals surface area contributed by atoms with Crippen LogP contribution in [0.15, 0.2) is 24.3 Å². The summed E-state index contributed by atoms with van der Waals surface area (Å²) in [6, 6.07) is 6.43. The van der Waals surface area contributed by atoms with Gasteiger partial charge in [-0.05, 0) is 69.3 Å². The lowest BCUT2D eigenvalue weighted by Gasteiger charge is -2.32. The van der Waals surface area contributed by atoms with Crippen molar-refractivity contribution in [3.63, 3.8) is 0 Å². The zero-order valence-corrected chi connectivity index (χ0v) is 14.5. The van der Waals surface area contributed by atoms with Crippen molar-refractivity contribution < 1.29 is 9.18 Å². The van der Waals surface area contributed by atoms with E-state index in [1.807, 2.05) is 18.7 Å². The van der Waals surface area contributed by atoms with Crippen molar-refractivity contribution in [2.75, 3.05) is 19.6 Å². The molecular weight excluding hydrogens is 291 g/mol. The third-order valence-electron chi connectivity index (χ3n) is 5.12. The molecule has 2 rings (SSSR count). The molecule has 3 unspecified atom stereocenters. The quantitative estimate of drug-likeness (QED) is 0.865. The Morgan fingerprint density at radius 2 is 2.04 bits per heavy atom. The van der Waals surface area contributed by atoms with Crippen molar-refractivity contribution in [1.29, 1.82) is 0 Å². The van der Waals surface area contributed by atoms with Crippen LogP contribution in [-0.2, 0) is 4.79 Å². The number of rotatable bonds is 6. The zero-order chi connectivity index (χ0) is 16.8. The summed E-state index contributed by atoms with van der Waals surface area (Å²) >= 11 is 0. The first-order valence-electron chi connectivity index (χ1n) is 8.78. The molecule has 1 fully saturated rings. The van der Waals surface area contributed by atoms with Crippen LogP contribution in [0.25, 0.3) is 0 Å². The summed E-state index contributed by atoms with van der Waals surface area (Å²) in [5.41, 5.74) is 0.980. The first kappa shape index (κ1) is 17.9. The Kier molecular flexibility index (Phi) is 6.58. The summed E-state index contributed by atoms with van der Waals surface area (Å²) in [4.78, 5) is 14.6. The van der Waals surface area contributed by atoms with E-state index in [4.69, 9.17) is 0 Å². The molecule has 1 aromatic rings. The molecule has 0 aromatic heterocycles. The standard InChI is InChI=1S/C19H29FN2O/c1-4-22(15(3)16-7-9-18(20)10-8-16)19(23)12-14(2)17-6-5-11-21-13-17/h7-10,14-15,17,21H,4-6,11-13H2,1-3H3. The Balaban J connectivity index is 1.98. The van der Waals surface area contributed by atoms with Gasteiger partial charge in [0.15, 0.2) is 0 Å². The van der Waals surface area contributed by atoms with Crippen LogP contribution in [0.4, 0.5) is 4.39 Å². The van der Waals surface area contributed by atoms with E-state index < -0.39 is 0 Å². The normalized spacial score (nSPS) is 20.8. The van der Waals surface area contributed by atoms with Gasteiger partial charge in [0.25, 0.3) is 0 Å². The largest absolute Gasteiger partial charge is 0.336 e. The minimum Gasteiger partial charge on any atom is -0.336 e. The highest BCUT2D eigenvalue weighted by Gasteiger charge is 2.26. The molecule has 0 bridgehead atoms. The van der Waals surface area contributed by atoms with Crippen molar-refractivity contribution in [1.82, 2.24) is 10.2 Å². The van der Waals surface area contributed by atoms with Gasteiger partial charge in [0, 0.05) is 13.0 Å². The second kappa shape index (κ2) is 8.44. The minimum atomic E-state index is -0.242. The number of halogens is 1. The number of amides is 1. The average Bonchev–Trinajstić information content (AvgIpc) is 2.56. The Hall–Kier alpha value is -1.42. The van der Waals surface area contributed by atoms with E-state index in [9.17, 15) is 9.18 Å². The lowest BCUT2D eigenvalue weighted by Crippen LogP contribution is -2.38. The van der Waals surface area contributed by atoms with Crippen LogP contribution in [0.2, 0.25) is 0 Å². The second-order valence-corrected chi connectivity index (χ2v) is 6.70. The fourth-order valence-corrected chi connectivity index (χ4v) is 3.51. The molecule has 1 N–H and O–H groups in total. The Morgan fingerprint density at radius 1 is 1.35 bits per heavy atom. The van der Waals surface area contributed by atoms with Crippen molar-refractivity contribution in [2.24, 2.45) is 11.8 Å². The molecule has 1 heterocycles. The van der Waals surface area contributed by atoms with Gasteiger partial charge in [-0.3, -0.25) is 4.79 Å². The molecule has 3 nitrogen and oxygen atoms in total. The SMILES string of the molecule is CCN(C(=O)CC(C)C1CCCNC1)C(C)c1ccc(F)cc1. The van der Waals surface area contributed by atoms with Crippen molar-refractivity contribution >= 4 is 5.91 Å². The molecular formula is C19H29FN2O. The molecule has 1 aliphatic heterocycles. The lowest BCUT2D eigenvalue weighted by molar-refractivity contribution is -0.134. The number of benzene rings is 1. The van der Waals surface area contributed by atoms with Gasteiger partial charge in [0.1, 0.15) is 5.82 Å². The molecule has 23 heavy (non-hydrogen) atoms. The molecule has 1 amide bonds. The molecule has 128 valence electrons. The highest BCUT2D eigenvalue weighted by molar-refractivity contribution is 5.77. The number of piperidine rings is 1. The van der Waals surface area contributed by atoms with E-state index in [-0.39, 0.29) is 17.8 Å². The van der Waals surface area contributed by atoms with Crippen molar-refractivity contribution in [2.45, 2.75) is 46.1 Å². The lowest BCUT2D eigenvalue weighted by atomic mass is 9.85. The molecule has 1 saturated heterocycles. The highest BCUT2D eigenvalue weighted by atomic mass is 19.1. The molecule has 3 atom stereocenters. The minimum absolute atomic E-state index is 0.0234. The monoisotopic (exact) mass is 320 g/mol. The van der Waals surface area contributed by atoms with Gasteiger partial charge in [0.2, 0.25) is 5.91 Å². The predicted octanol–water partition coefficient (Wildman–Crippen LogP) is 3.76. The van der Waals surface area contributed by atoms with E-state index in [1.54, 1.807) is 12.1 Å². The van der Waals surface area contributed by atoms with Crippen LogP contribution in [0.1, 0.15) is 51.6 Å². The summed E-state index contributed by atoms with van der Waals surface area (Å²) < 4.78 is 13.1. The van der Waals surface area contributed by atoms with Crippen LogP contribution < -0.4 is 5.32 Å². The number of carbonyl (C=O) groups is 1. The topological polar surface area (TPSA) is 32.3 Å². The third-order valence-corrected chi connectivity index (χ3v) is 5.12. The maximum atomic E-state index is 13.1. The first-order valence-corrected chi connectivity index (χ1v) is 8.78. The average molecular weight is 320 g/mol. The van der Waals surface area contributed by atoms with E-state index in [0.717, 1.165) is 18.7 Å². The molecule has 4 heteroatoms. The van der Waals surface area contributed by atoms with Gasteiger partial charge in [-0.2, -0.15) is 0 Å². The van der Waals surface area contributed by atoms with Crippen LogP contribution in [0.3, 0.4) is 0 Å². The van der Waals surface area contributed by atoms with Crippen molar-refractivity contribution in [3.8, 4) is 0 Å². The van der Waals surface area contributed by atoms with Gasteiger partial charge >= 0.3 is 0 Å². The fourth-order valence-electron chi connectivity index (χ4n) is 3.51. The van der Waals surface area contributed by atoms with Crippen LogP contribution >= 0.6 is 0 Å². The maximum Gasteiger partial charge on any atom is 0.223 e. The summed E-state index contributed by atoms with van der Waals surface area (Å²) in [5.74, 6) is 0.938. The summed E-state index contributed by atoms with van der Waals surface area (Å²) in [6.07, 6.45) is 3.00. The van der Waals surface area contributed by atoms with Gasteiger partial charge in [-0.25, -0.2) is 4.39 Å². The molecule has 0 spiro atoms. The molecule has 1 aliphatic rings. The highest BCUT2D eigenvalue weighted by Crippen LogP contribution is 2.26. The first-order chi connectivity index (χ1) is 11.0. The number of carbonyl (C=O) groups excluding carboxylic acids is 1. The summed E-state index contributed by atoms with van der Waals surface area (Å²) in [7, 11) is 0. The predicted molar refractivity (Wildman–Crippen MR) is 91.6 cm³/mol. The van der Waals surface area contributed by atoms with Gasteiger partial charge in [-0.15, -0.1) is 0 Å². The van der Waals surface area contributed by atoms with E-state index in [1.165, 1.54) is 25.0 Å². The number of nitrogens with one attached hydrogen (secondary N) is 1.